The molecule has 3 aromatic rings. The first-order chi connectivity index (χ1) is 11.2. The lowest BCUT2D eigenvalue weighted by Gasteiger charge is -2.08. The van der Waals surface area contributed by atoms with Gasteiger partial charge in [0.15, 0.2) is 0 Å². The van der Waals surface area contributed by atoms with E-state index >= 15 is 0 Å². The molecule has 3 rings (SSSR count). The lowest BCUT2D eigenvalue weighted by atomic mass is 10.2. The van der Waals surface area contributed by atoms with E-state index in [1.165, 1.54) is 14.2 Å². The van der Waals surface area contributed by atoms with Gasteiger partial charge in [0.2, 0.25) is 5.88 Å². The van der Waals surface area contributed by atoms with Gasteiger partial charge in [0.05, 0.1) is 31.7 Å². The molecular formula is C15H15N5O3. The number of fused-ring (bicyclic) bond motifs is 1. The molecule has 1 aromatic carbocycles. The van der Waals surface area contributed by atoms with E-state index in [0.29, 0.717) is 35.0 Å². The highest BCUT2D eigenvalue weighted by molar-refractivity contribution is 5.77. The van der Waals surface area contributed by atoms with Crippen LogP contribution in [-0.2, 0) is 6.54 Å². The minimum atomic E-state index is -0.176. The summed E-state index contributed by atoms with van der Waals surface area (Å²) < 4.78 is 10.1. The highest BCUT2D eigenvalue weighted by Crippen LogP contribution is 2.17. The van der Waals surface area contributed by atoms with Gasteiger partial charge in [-0.25, -0.2) is 4.98 Å². The van der Waals surface area contributed by atoms with E-state index in [9.17, 15) is 4.79 Å². The molecule has 0 aliphatic rings. The van der Waals surface area contributed by atoms with Crippen LogP contribution in [0, 0.1) is 0 Å². The van der Waals surface area contributed by atoms with Gasteiger partial charge in [-0.3, -0.25) is 4.79 Å². The van der Waals surface area contributed by atoms with Gasteiger partial charge in [0.25, 0.3) is 5.56 Å². The summed E-state index contributed by atoms with van der Waals surface area (Å²) >= 11 is 0. The molecule has 2 aromatic heterocycles. The summed E-state index contributed by atoms with van der Waals surface area (Å²) in [6.45, 7) is 0.295. The summed E-state index contributed by atoms with van der Waals surface area (Å²) in [5.74, 6) is 1.38. The topological polar surface area (TPSA) is 102 Å². The number of rotatable bonds is 5. The molecule has 0 radical (unpaired) electrons. The average molecular weight is 313 g/mol. The third-order valence-corrected chi connectivity index (χ3v) is 3.17. The van der Waals surface area contributed by atoms with E-state index < -0.39 is 0 Å². The Morgan fingerprint density at radius 1 is 1.13 bits per heavy atom. The SMILES string of the molecule is COc1cc(NCc2nc3ccccc3c(=O)[nH]2)nc(OC)n1. The summed E-state index contributed by atoms with van der Waals surface area (Å²) in [4.78, 5) is 27.3. The van der Waals surface area contributed by atoms with E-state index in [4.69, 9.17) is 9.47 Å². The molecule has 0 saturated heterocycles. The smallest absolute Gasteiger partial charge is 0.321 e. The molecule has 0 unspecified atom stereocenters. The highest BCUT2D eigenvalue weighted by Gasteiger charge is 2.07. The second-order valence-corrected chi connectivity index (χ2v) is 4.67. The van der Waals surface area contributed by atoms with Gasteiger partial charge in [0.1, 0.15) is 11.6 Å². The van der Waals surface area contributed by atoms with Crippen LogP contribution in [0.5, 0.6) is 11.9 Å². The fourth-order valence-electron chi connectivity index (χ4n) is 2.08. The van der Waals surface area contributed by atoms with Crippen LogP contribution in [0.15, 0.2) is 35.1 Å². The Morgan fingerprint density at radius 3 is 2.74 bits per heavy atom. The standard InChI is InChI=1S/C15H15N5O3/c1-22-13-7-11(19-15(20-13)23-2)16-8-12-17-10-6-4-3-5-9(10)14(21)18-12/h3-7H,8H2,1-2H3,(H,16,19,20)(H,17,18,21). The quantitative estimate of drug-likeness (QED) is 0.733. The predicted molar refractivity (Wildman–Crippen MR) is 84.8 cm³/mol. The first-order valence-electron chi connectivity index (χ1n) is 6.88. The van der Waals surface area contributed by atoms with Gasteiger partial charge >= 0.3 is 6.01 Å². The lowest BCUT2D eigenvalue weighted by Crippen LogP contribution is -2.15. The second kappa shape index (κ2) is 6.30. The van der Waals surface area contributed by atoms with Crippen molar-refractivity contribution in [1.82, 2.24) is 19.9 Å². The van der Waals surface area contributed by atoms with Crippen molar-refractivity contribution >= 4 is 16.7 Å². The van der Waals surface area contributed by atoms with E-state index in [1.807, 2.05) is 6.07 Å². The molecule has 118 valence electrons. The maximum atomic E-state index is 12.0. The Morgan fingerprint density at radius 2 is 1.96 bits per heavy atom. The molecule has 0 aliphatic heterocycles. The maximum Gasteiger partial charge on any atom is 0.321 e. The number of aromatic nitrogens is 4. The van der Waals surface area contributed by atoms with Gasteiger partial charge in [-0.15, -0.1) is 0 Å². The monoisotopic (exact) mass is 313 g/mol. The van der Waals surface area contributed by atoms with Gasteiger partial charge in [-0.1, -0.05) is 12.1 Å². The number of aromatic amines is 1. The van der Waals surface area contributed by atoms with Gasteiger partial charge < -0.3 is 19.8 Å². The number of para-hydroxylation sites is 1. The maximum absolute atomic E-state index is 12.0. The summed E-state index contributed by atoms with van der Waals surface area (Å²) in [6.07, 6.45) is 0. The Labute approximate surface area is 131 Å². The fourth-order valence-corrected chi connectivity index (χ4v) is 2.08. The number of nitrogens with zero attached hydrogens (tertiary/aromatic N) is 3. The van der Waals surface area contributed by atoms with Crippen LogP contribution >= 0.6 is 0 Å². The molecule has 0 fully saturated rings. The molecule has 8 heteroatoms. The predicted octanol–water partition coefficient (Wildman–Crippen LogP) is 1.34. The number of nitrogens with one attached hydrogen (secondary N) is 2. The normalized spacial score (nSPS) is 10.5. The molecule has 0 saturated carbocycles. The van der Waals surface area contributed by atoms with Crippen LogP contribution in [0.4, 0.5) is 5.82 Å². The third kappa shape index (κ3) is 3.20. The number of methoxy groups -OCH3 is 2. The molecule has 23 heavy (non-hydrogen) atoms. The summed E-state index contributed by atoms with van der Waals surface area (Å²) in [7, 11) is 2.98. The summed E-state index contributed by atoms with van der Waals surface area (Å²) in [6, 6.07) is 8.99. The number of benzene rings is 1. The molecule has 0 aliphatic carbocycles. The largest absolute Gasteiger partial charge is 0.481 e. The summed E-state index contributed by atoms with van der Waals surface area (Å²) in [5.41, 5.74) is 0.469. The Hall–Kier alpha value is -3.16. The highest BCUT2D eigenvalue weighted by atomic mass is 16.5. The zero-order chi connectivity index (χ0) is 16.2. The minimum Gasteiger partial charge on any atom is -0.481 e. The first kappa shape index (κ1) is 14.8. The van der Waals surface area contributed by atoms with Crippen LogP contribution < -0.4 is 20.3 Å². The van der Waals surface area contributed by atoms with Gasteiger partial charge in [-0.05, 0) is 12.1 Å². The van der Waals surface area contributed by atoms with E-state index in [-0.39, 0.29) is 11.6 Å². The number of hydrogen-bond acceptors (Lipinski definition) is 7. The van der Waals surface area contributed by atoms with Crippen molar-refractivity contribution < 1.29 is 9.47 Å². The van der Waals surface area contributed by atoms with Crippen LogP contribution in [0.25, 0.3) is 10.9 Å². The van der Waals surface area contributed by atoms with Crippen LogP contribution in [0.2, 0.25) is 0 Å². The minimum absolute atomic E-state index is 0.176. The molecule has 0 spiro atoms. The van der Waals surface area contributed by atoms with Crippen LogP contribution in [0.3, 0.4) is 0 Å². The molecule has 2 N–H and O–H groups in total. The van der Waals surface area contributed by atoms with Crippen molar-refractivity contribution in [3.63, 3.8) is 0 Å². The molecular weight excluding hydrogens is 298 g/mol. The second-order valence-electron chi connectivity index (χ2n) is 4.67. The van der Waals surface area contributed by atoms with Crippen molar-refractivity contribution in [1.29, 1.82) is 0 Å². The molecule has 2 heterocycles. The van der Waals surface area contributed by atoms with Gasteiger partial charge in [-0.2, -0.15) is 9.97 Å². The van der Waals surface area contributed by atoms with Crippen molar-refractivity contribution in [2.75, 3.05) is 19.5 Å². The van der Waals surface area contributed by atoms with E-state index in [2.05, 4.69) is 25.3 Å². The number of hydrogen-bond donors (Lipinski definition) is 2. The Balaban J connectivity index is 1.84. The first-order valence-corrected chi connectivity index (χ1v) is 6.88. The number of ether oxygens (including phenoxy) is 2. The molecule has 8 nitrogen and oxygen atoms in total. The molecule has 0 atom stereocenters. The molecule has 0 bridgehead atoms. The zero-order valence-electron chi connectivity index (χ0n) is 12.7. The van der Waals surface area contributed by atoms with E-state index in [1.54, 1.807) is 24.3 Å². The number of H-pyrrole nitrogens is 1. The zero-order valence-corrected chi connectivity index (χ0v) is 12.7. The fraction of sp³-hybridized carbons (Fsp3) is 0.200. The Bertz CT molecular complexity index is 871. The number of anilines is 1. The third-order valence-electron chi connectivity index (χ3n) is 3.17. The van der Waals surface area contributed by atoms with Crippen LogP contribution in [0.1, 0.15) is 5.82 Å². The van der Waals surface area contributed by atoms with Crippen LogP contribution in [-0.4, -0.2) is 34.2 Å². The summed E-state index contributed by atoms with van der Waals surface area (Å²) in [5, 5.41) is 3.62. The molecule has 0 amide bonds. The van der Waals surface area contributed by atoms with Crippen molar-refractivity contribution in [2.24, 2.45) is 0 Å². The van der Waals surface area contributed by atoms with Gasteiger partial charge in [0, 0.05) is 6.07 Å². The van der Waals surface area contributed by atoms with Crippen molar-refractivity contribution in [3.8, 4) is 11.9 Å². The van der Waals surface area contributed by atoms with Crippen molar-refractivity contribution in [3.05, 3.63) is 46.5 Å². The average Bonchev–Trinajstić information content (AvgIpc) is 2.59. The van der Waals surface area contributed by atoms with Crippen molar-refractivity contribution in [2.45, 2.75) is 6.54 Å². The Kier molecular flexibility index (Phi) is 4.05. The van der Waals surface area contributed by atoms with E-state index in [0.717, 1.165) is 0 Å². The lowest BCUT2D eigenvalue weighted by molar-refractivity contribution is 0.353.